The van der Waals surface area contributed by atoms with Crippen LogP contribution in [0.4, 0.5) is 0 Å². The minimum atomic E-state index is 0.213. The van der Waals surface area contributed by atoms with E-state index in [1.807, 2.05) is 0 Å². The van der Waals surface area contributed by atoms with Crippen LogP contribution in [-0.2, 0) is 4.79 Å². The molecule has 0 saturated heterocycles. The van der Waals surface area contributed by atoms with Crippen LogP contribution in [0.25, 0.3) is 0 Å². The molecule has 1 saturated carbocycles. The summed E-state index contributed by atoms with van der Waals surface area (Å²) in [6, 6.07) is 0.391. The number of carbonyl (C=O) groups is 1. The molecule has 2 N–H and O–H groups in total. The lowest BCUT2D eigenvalue weighted by Crippen LogP contribution is -2.50. The van der Waals surface area contributed by atoms with Crippen molar-refractivity contribution in [2.75, 3.05) is 13.1 Å². The van der Waals surface area contributed by atoms with Gasteiger partial charge >= 0.3 is 0 Å². The number of hydrogen-bond donors (Lipinski definition) is 1. The van der Waals surface area contributed by atoms with Crippen LogP contribution in [0.3, 0.4) is 0 Å². The number of carbonyl (C=O) groups excluding carboxylic acids is 1. The van der Waals surface area contributed by atoms with Gasteiger partial charge in [0, 0.05) is 18.5 Å². The van der Waals surface area contributed by atoms with Crippen molar-refractivity contribution in [1.82, 2.24) is 4.90 Å². The molecule has 2 rings (SSSR count). The lowest BCUT2D eigenvalue weighted by atomic mass is 9.82. The predicted molar refractivity (Wildman–Crippen MR) is 78.7 cm³/mol. The maximum absolute atomic E-state index is 12.7. The average Bonchev–Trinajstić information content (AvgIpc) is 2.49. The third-order valence-electron chi connectivity index (χ3n) is 4.81. The largest absolute Gasteiger partial charge is 0.339 e. The van der Waals surface area contributed by atoms with Gasteiger partial charge in [-0.2, -0.15) is 0 Å². The van der Waals surface area contributed by atoms with Crippen LogP contribution in [0.2, 0.25) is 0 Å². The van der Waals surface area contributed by atoms with Crippen LogP contribution >= 0.6 is 0 Å². The van der Waals surface area contributed by atoms with E-state index < -0.39 is 0 Å². The third kappa shape index (κ3) is 3.38. The number of nitrogens with zero attached hydrogens (tertiary/aromatic N) is 1. The van der Waals surface area contributed by atoms with Crippen molar-refractivity contribution >= 4 is 5.91 Å². The second kappa shape index (κ2) is 7.09. The minimum Gasteiger partial charge on any atom is -0.339 e. The summed E-state index contributed by atoms with van der Waals surface area (Å²) in [5.74, 6) is 1.10. The monoisotopic (exact) mass is 264 g/mol. The predicted octanol–water partition coefficient (Wildman–Crippen LogP) is 2.71. The molecule has 0 radical (unpaired) electrons. The second-order valence-corrected chi connectivity index (χ2v) is 5.95. The number of allylic oxidation sites excluding steroid dienone is 2. The lowest BCUT2D eigenvalue weighted by Gasteiger charge is -2.41. The molecule has 1 fully saturated rings. The Bertz CT molecular complexity index is 327. The van der Waals surface area contributed by atoms with Gasteiger partial charge in [0.2, 0.25) is 5.91 Å². The van der Waals surface area contributed by atoms with Crippen molar-refractivity contribution in [3.05, 3.63) is 12.2 Å². The first-order valence-corrected chi connectivity index (χ1v) is 7.93. The standard InChI is InChI=1S/C16H28N2O/c1-2-18(15-11-7-6-10-14(15)12-17)16(19)13-8-4-3-5-9-13/h3-4,13-15H,2,5-12,17H2,1H3. The molecular formula is C16H28N2O. The highest BCUT2D eigenvalue weighted by molar-refractivity contribution is 5.79. The molecule has 0 heterocycles. The van der Waals surface area contributed by atoms with E-state index in [1.54, 1.807) is 0 Å². The van der Waals surface area contributed by atoms with E-state index in [0.717, 1.165) is 38.8 Å². The minimum absolute atomic E-state index is 0.213. The Morgan fingerprint density at radius 1 is 1.26 bits per heavy atom. The summed E-state index contributed by atoms with van der Waals surface area (Å²) in [4.78, 5) is 14.9. The molecule has 108 valence electrons. The van der Waals surface area contributed by atoms with Gasteiger partial charge in [-0.15, -0.1) is 0 Å². The smallest absolute Gasteiger partial charge is 0.226 e. The van der Waals surface area contributed by atoms with Crippen LogP contribution in [0.1, 0.15) is 51.9 Å². The van der Waals surface area contributed by atoms with Gasteiger partial charge in [-0.1, -0.05) is 25.0 Å². The topological polar surface area (TPSA) is 46.3 Å². The molecule has 3 unspecified atom stereocenters. The highest BCUT2D eigenvalue weighted by atomic mass is 16.2. The first-order chi connectivity index (χ1) is 9.27. The van der Waals surface area contributed by atoms with Gasteiger partial charge in [-0.25, -0.2) is 0 Å². The Hall–Kier alpha value is -0.830. The summed E-state index contributed by atoms with van der Waals surface area (Å²) in [5, 5.41) is 0. The van der Waals surface area contributed by atoms with E-state index >= 15 is 0 Å². The maximum atomic E-state index is 12.7. The van der Waals surface area contributed by atoms with Gasteiger partial charge in [-0.3, -0.25) is 4.79 Å². The molecule has 2 aliphatic rings. The van der Waals surface area contributed by atoms with Crippen molar-refractivity contribution < 1.29 is 4.79 Å². The SMILES string of the molecule is CCN(C(=O)C1CC=CCC1)C1CCCCC1CN. The molecule has 19 heavy (non-hydrogen) atoms. The number of rotatable bonds is 4. The summed E-state index contributed by atoms with van der Waals surface area (Å²) in [6.07, 6.45) is 12.2. The number of amides is 1. The average molecular weight is 264 g/mol. The van der Waals surface area contributed by atoms with Gasteiger partial charge in [0.15, 0.2) is 0 Å². The molecule has 0 aliphatic heterocycles. The van der Waals surface area contributed by atoms with Crippen LogP contribution in [0.15, 0.2) is 12.2 Å². The van der Waals surface area contributed by atoms with Crippen molar-refractivity contribution in [3.8, 4) is 0 Å². The molecule has 3 nitrogen and oxygen atoms in total. The van der Waals surface area contributed by atoms with Gasteiger partial charge < -0.3 is 10.6 Å². The molecule has 1 amide bonds. The molecule has 0 bridgehead atoms. The summed E-state index contributed by atoms with van der Waals surface area (Å²) in [7, 11) is 0. The highest BCUT2D eigenvalue weighted by Crippen LogP contribution is 2.30. The van der Waals surface area contributed by atoms with Crippen LogP contribution < -0.4 is 5.73 Å². The van der Waals surface area contributed by atoms with Crippen molar-refractivity contribution in [2.45, 2.75) is 57.9 Å². The van der Waals surface area contributed by atoms with Gasteiger partial charge in [-0.05, 0) is 51.5 Å². The Kier molecular flexibility index (Phi) is 5.44. The molecule has 3 atom stereocenters. The Balaban J connectivity index is 2.04. The van der Waals surface area contributed by atoms with Crippen LogP contribution in [0, 0.1) is 11.8 Å². The fourth-order valence-electron chi connectivity index (χ4n) is 3.68. The molecule has 0 aromatic heterocycles. The van der Waals surface area contributed by atoms with E-state index in [2.05, 4.69) is 24.0 Å². The zero-order chi connectivity index (χ0) is 13.7. The van der Waals surface area contributed by atoms with Gasteiger partial charge in [0.1, 0.15) is 0 Å². The maximum Gasteiger partial charge on any atom is 0.226 e. The quantitative estimate of drug-likeness (QED) is 0.794. The summed E-state index contributed by atoms with van der Waals surface area (Å²) in [5.41, 5.74) is 5.92. The van der Waals surface area contributed by atoms with Crippen LogP contribution in [0.5, 0.6) is 0 Å². The fourth-order valence-corrected chi connectivity index (χ4v) is 3.68. The Morgan fingerprint density at radius 3 is 2.68 bits per heavy atom. The van der Waals surface area contributed by atoms with Gasteiger partial charge in [0.05, 0.1) is 0 Å². The summed E-state index contributed by atoms with van der Waals surface area (Å²) in [6.45, 7) is 3.66. The third-order valence-corrected chi connectivity index (χ3v) is 4.81. The zero-order valence-corrected chi connectivity index (χ0v) is 12.2. The Morgan fingerprint density at radius 2 is 2.05 bits per heavy atom. The van der Waals surface area contributed by atoms with E-state index in [9.17, 15) is 4.79 Å². The number of hydrogen-bond acceptors (Lipinski definition) is 2. The first-order valence-electron chi connectivity index (χ1n) is 7.93. The molecule has 0 spiro atoms. The number of nitrogens with two attached hydrogens (primary N) is 1. The van der Waals surface area contributed by atoms with Crippen molar-refractivity contribution in [2.24, 2.45) is 17.6 Å². The first kappa shape index (κ1) is 14.6. The van der Waals surface area contributed by atoms with Gasteiger partial charge in [0.25, 0.3) is 0 Å². The van der Waals surface area contributed by atoms with E-state index in [1.165, 1.54) is 19.3 Å². The van der Waals surface area contributed by atoms with E-state index in [4.69, 9.17) is 5.73 Å². The van der Waals surface area contributed by atoms with E-state index in [0.29, 0.717) is 17.9 Å². The molecule has 3 heteroatoms. The summed E-state index contributed by atoms with van der Waals surface area (Å²) < 4.78 is 0. The lowest BCUT2D eigenvalue weighted by molar-refractivity contribution is -0.139. The van der Waals surface area contributed by atoms with Crippen LogP contribution in [-0.4, -0.2) is 29.9 Å². The Labute approximate surface area is 117 Å². The van der Waals surface area contributed by atoms with Crippen molar-refractivity contribution in [1.29, 1.82) is 0 Å². The summed E-state index contributed by atoms with van der Waals surface area (Å²) >= 11 is 0. The van der Waals surface area contributed by atoms with E-state index in [-0.39, 0.29) is 5.92 Å². The molecule has 0 aromatic carbocycles. The highest BCUT2D eigenvalue weighted by Gasteiger charge is 2.33. The molecule has 0 aromatic rings. The normalized spacial score (nSPS) is 31.2. The van der Waals surface area contributed by atoms with Crippen molar-refractivity contribution in [3.63, 3.8) is 0 Å². The molecule has 2 aliphatic carbocycles. The fraction of sp³-hybridized carbons (Fsp3) is 0.812. The zero-order valence-electron chi connectivity index (χ0n) is 12.2. The second-order valence-electron chi connectivity index (χ2n) is 5.95. The molecular weight excluding hydrogens is 236 g/mol.